The maximum atomic E-state index is 13.3. The number of rotatable bonds is 3. The van der Waals surface area contributed by atoms with Crippen LogP contribution in [-0.2, 0) is 4.74 Å². The topological polar surface area (TPSA) is 29.5 Å². The van der Waals surface area contributed by atoms with Crippen molar-refractivity contribution in [3.8, 4) is 11.1 Å². The summed E-state index contributed by atoms with van der Waals surface area (Å²) < 4.78 is 7.11. The van der Waals surface area contributed by atoms with E-state index in [4.69, 9.17) is 4.74 Å². The lowest BCUT2D eigenvalue weighted by molar-refractivity contribution is 0.0539. The molecule has 0 spiro atoms. The first-order chi connectivity index (χ1) is 16.2. The van der Waals surface area contributed by atoms with Gasteiger partial charge in [0, 0.05) is 16.4 Å². The first-order valence-electron chi connectivity index (χ1n) is 11.8. The molecule has 1 amide bonds. The minimum absolute atomic E-state index is 0.0971. The molecule has 0 radical (unpaired) electrons. The van der Waals surface area contributed by atoms with Crippen LogP contribution in [-0.4, -0.2) is 29.7 Å². The van der Waals surface area contributed by atoms with Crippen LogP contribution in [0.1, 0.15) is 48.3 Å². The van der Waals surface area contributed by atoms with E-state index < -0.39 is 0 Å². The summed E-state index contributed by atoms with van der Waals surface area (Å²) in [6.45, 7) is 0.381. The average molecular weight is 500 g/mol. The van der Waals surface area contributed by atoms with Crippen molar-refractivity contribution in [2.24, 2.45) is 0 Å². The van der Waals surface area contributed by atoms with Crippen LogP contribution in [0.5, 0.6) is 0 Å². The zero-order valence-corrected chi connectivity index (χ0v) is 20.0. The van der Waals surface area contributed by atoms with Gasteiger partial charge < -0.3 is 4.74 Å². The van der Waals surface area contributed by atoms with Crippen molar-refractivity contribution in [3.05, 3.63) is 100 Å². The van der Waals surface area contributed by atoms with Gasteiger partial charge in [-0.15, -0.1) is 0 Å². The van der Waals surface area contributed by atoms with Crippen LogP contribution >= 0.6 is 15.9 Å². The van der Waals surface area contributed by atoms with E-state index in [9.17, 15) is 4.79 Å². The SMILES string of the molecule is O=C(OCC1c2ccccc2-c2ccccc21)N1C2C=C(c3ccc(Br)cc3)CC1CCC2. The second kappa shape index (κ2) is 8.49. The summed E-state index contributed by atoms with van der Waals surface area (Å²) in [6.07, 6.45) is 6.21. The predicted octanol–water partition coefficient (Wildman–Crippen LogP) is 7.41. The zero-order valence-electron chi connectivity index (χ0n) is 18.4. The van der Waals surface area contributed by atoms with Gasteiger partial charge in [-0.2, -0.15) is 0 Å². The molecule has 6 rings (SSSR count). The van der Waals surface area contributed by atoms with Crippen LogP contribution in [0.2, 0.25) is 0 Å². The predicted molar refractivity (Wildman–Crippen MR) is 135 cm³/mol. The van der Waals surface area contributed by atoms with Gasteiger partial charge in [-0.3, -0.25) is 4.90 Å². The van der Waals surface area contributed by atoms with Gasteiger partial charge in [-0.25, -0.2) is 4.79 Å². The van der Waals surface area contributed by atoms with E-state index in [2.05, 4.69) is 94.8 Å². The fraction of sp³-hybridized carbons (Fsp3) is 0.276. The number of hydrogen-bond acceptors (Lipinski definition) is 2. The highest BCUT2D eigenvalue weighted by Crippen LogP contribution is 2.45. The Morgan fingerprint density at radius 3 is 2.24 bits per heavy atom. The number of carbonyl (C=O) groups is 1. The fourth-order valence-electron chi connectivity index (χ4n) is 5.86. The second-order valence-corrected chi connectivity index (χ2v) is 10.2. The molecular formula is C29H26BrNO2. The summed E-state index contributed by atoms with van der Waals surface area (Å²) in [5.41, 5.74) is 7.62. The third kappa shape index (κ3) is 3.71. The lowest BCUT2D eigenvalue weighted by atomic mass is 9.83. The molecule has 3 aromatic carbocycles. The monoisotopic (exact) mass is 499 g/mol. The van der Waals surface area contributed by atoms with Crippen LogP contribution in [0.25, 0.3) is 16.7 Å². The second-order valence-electron chi connectivity index (χ2n) is 9.27. The van der Waals surface area contributed by atoms with Gasteiger partial charge in [0.05, 0.1) is 6.04 Å². The van der Waals surface area contributed by atoms with E-state index in [0.717, 1.165) is 30.2 Å². The molecule has 3 nitrogen and oxygen atoms in total. The largest absolute Gasteiger partial charge is 0.448 e. The molecule has 2 unspecified atom stereocenters. The highest BCUT2D eigenvalue weighted by atomic mass is 79.9. The standard InChI is InChI=1S/C29H26BrNO2/c30-21-14-12-19(13-15-21)20-16-22-6-5-7-23(17-20)31(22)29(32)33-18-28-26-10-3-1-8-24(26)25-9-2-4-11-27(25)28/h1-4,8-16,22-23,28H,5-7,17-18H2. The van der Waals surface area contributed by atoms with E-state index in [0.29, 0.717) is 6.61 Å². The molecule has 3 aliphatic rings. The van der Waals surface area contributed by atoms with Crippen molar-refractivity contribution in [1.82, 2.24) is 4.90 Å². The van der Waals surface area contributed by atoms with Gasteiger partial charge in [0.15, 0.2) is 0 Å². The Labute approximate surface area is 203 Å². The Kier molecular flexibility index (Phi) is 5.34. The van der Waals surface area contributed by atoms with Crippen LogP contribution in [0.3, 0.4) is 0 Å². The van der Waals surface area contributed by atoms with Crippen LogP contribution in [0.15, 0.2) is 83.3 Å². The summed E-state index contributed by atoms with van der Waals surface area (Å²) in [5.74, 6) is 0.0971. The molecule has 2 bridgehead atoms. The maximum absolute atomic E-state index is 13.3. The van der Waals surface area contributed by atoms with Crippen LogP contribution in [0.4, 0.5) is 4.79 Å². The molecule has 0 aromatic heterocycles. The minimum Gasteiger partial charge on any atom is -0.448 e. The van der Waals surface area contributed by atoms with Crippen LogP contribution in [0, 0.1) is 0 Å². The van der Waals surface area contributed by atoms with E-state index in [-0.39, 0.29) is 24.1 Å². The lowest BCUT2D eigenvalue weighted by Gasteiger charge is -2.44. The molecule has 33 heavy (non-hydrogen) atoms. The number of fused-ring (bicyclic) bond motifs is 5. The van der Waals surface area contributed by atoms with Gasteiger partial charge in [0.1, 0.15) is 6.61 Å². The van der Waals surface area contributed by atoms with Crippen molar-refractivity contribution >= 4 is 27.6 Å². The van der Waals surface area contributed by atoms with Gasteiger partial charge in [0.2, 0.25) is 0 Å². The van der Waals surface area contributed by atoms with Gasteiger partial charge >= 0.3 is 6.09 Å². The number of ether oxygens (including phenoxy) is 1. The first-order valence-corrected chi connectivity index (χ1v) is 12.6. The maximum Gasteiger partial charge on any atom is 0.410 e. The van der Waals surface area contributed by atoms with Gasteiger partial charge in [-0.05, 0) is 71.2 Å². The highest BCUT2D eigenvalue weighted by molar-refractivity contribution is 9.10. The number of carbonyl (C=O) groups excluding carboxylic acids is 1. The smallest absolute Gasteiger partial charge is 0.410 e. The number of amides is 1. The number of benzene rings is 3. The Hall–Kier alpha value is -2.85. The van der Waals surface area contributed by atoms with Crippen LogP contribution < -0.4 is 0 Å². The first kappa shape index (κ1) is 20.7. The molecule has 1 fully saturated rings. The molecule has 2 heterocycles. The van der Waals surface area contributed by atoms with Crippen molar-refractivity contribution < 1.29 is 9.53 Å². The molecule has 3 aromatic rings. The Bertz CT molecular complexity index is 1190. The average Bonchev–Trinajstić information content (AvgIpc) is 3.16. The summed E-state index contributed by atoms with van der Waals surface area (Å²) in [4.78, 5) is 15.4. The van der Waals surface area contributed by atoms with E-state index >= 15 is 0 Å². The van der Waals surface area contributed by atoms with Crippen molar-refractivity contribution in [2.75, 3.05) is 6.61 Å². The number of nitrogens with zero attached hydrogens (tertiary/aromatic N) is 1. The summed E-state index contributed by atoms with van der Waals surface area (Å²) in [7, 11) is 0. The number of piperidine rings is 1. The third-order valence-electron chi connectivity index (χ3n) is 7.40. The molecule has 2 aliphatic heterocycles. The highest BCUT2D eigenvalue weighted by Gasteiger charge is 2.39. The Morgan fingerprint density at radius 1 is 0.909 bits per heavy atom. The molecule has 4 heteroatoms. The zero-order chi connectivity index (χ0) is 22.4. The molecule has 1 aliphatic carbocycles. The fourth-order valence-corrected chi connectivity index (χ4v) is 6.13. The van der Waals surface area contributed by atoms with Crippen molar-refractivity contribution in [1.29, 1.82) is 0 Å². The molecule has 0 saturated carbocycles. The van der Waals surface area contributed by atoms with Crippen molar-refractivity contribution in [2.45, 2.75) is 43.7 Å². The van der Waals surface area contributed by atoms with Gasteiger partial charge in [0.25, 0.3) is 0 Å². The Balaban J connectivity index is 1.22. The summed E-state index contributed by atoms with van der Waals surface area (Å²) >= 11 is 3.52. The Morgan fingerprint density at radius 2 is 1.58 bits per heavy atom. The minimum atomic E-state index is -0.169. The van der Waals surface area contributed by atoms with Gasteiger partial charge in [-0.1, -0.05) is 82.7 Å². The lowest BCUT2D eigenvalue weighted by Crippen LogP contribution is -2.51. The summed E-state index contributed by atoms with van der Waals surface area (Å²) in [5, 5.41) is 0. The van der Waals surface area contributed by atoms with E-state index in [1.54, 1.807) is 0 Å². The van der Waals surface area contributed by atoms with E-state index in [1.165, 1.54) is 33.4 Å². The number of hydrogen-bond donors (Lipinski definition) is 0. The molecule has 2 atom stereocenters. The summed E-state index contributed by atoms with van der Waals surface area (Å²) in [6, 6.07) is 25.8. The van der Waals surface area contributed by atoms with E-state index in [1.807, 2.05) is 4.90 Å². The third-order valence-corrected chi connectivity index (χ3v) is 7.93. The molecular weight excluding hydrogens is 474 g/mol. The quantitative estimate of drug-likeness (QED) is 0.375. The van der Waals surface area contributed by atoms with Crippen molar-refractivity contribution in [3.63, 3.8) is 0 Å². The molecule has 166 valence electrons. The normalized spacial score (nSPS) is 21.2. The number of halogens is 1. The molecule has 1 saturated heterocycles. The molecule has 0 N–H and O–H groups in total.